The van der Waals surface area contributed by atoms with Crippen LogP contribution >= 0.6 is 0 Å². The summed E-state index contributed by atoms with van der Waals surface area (Å²) < 4.78 is 5.22. The van der Waals surface area contributed by atoms with Gasteiger partial charge in [0.2, 0.25) is 5.75 Å². The number of hydrogen-bond acceptors (Lipinski definition) is 8. The summed E-state index contributed by atoms with van der Waals surface area (Å²) >= 11 is 0. The van der Waals surface area contributed by atoms with Gasteiger partial charge in [-0.1, -0.05) is 42.5 Å². The normalized spacial score (nSPS) is 15.6. The molecule has 0 bridgehead atoms. The summed E-state index contributed by atoms with van der Waals surface area (Å²) in [6, 6.07) is 16.7. The second-order valence-electron chi connectivity index (χ2n) is 8.29. The largest absolute Gasteiger partial charge is 0.501 e. The standard InChI is InChI=1S/C25H29N5O4/c1-29-11-13-30(14-12-29)21(18-8-4-3-5-9-18)23-27-20(22(31)25(33)28-23)24(32)26-16-17-7-6-10-19(15-17)34-2/h3-10,15,21,31H,11-14,16H2,1-2H3,(H,26,32)(H,27,28,33). The number of ether oxygens (including phenoxy) is 1. The lowest BCUT2D eigenvalue weighted by Gasteiger charge is -2.37. The fraction of sp³-hybridized carbons (Fsp3) is 0.320. The van der Waals surface area contributed by atoms with Crippen molar-refractivity contribution in [3.8, 4) is 17.4 Å². The molecule has 3 N–H and O–H groups in total. The van der Waals surface area contributed by atoms with Crippen molar-refractivity contribution in [2.75, 3.05) is 40.3 Å². The van der Waals surface area contributed by atoms with Gasteiger partial charge >= 0.3 is 0 Å². The molecule has 1 saturated heterocycles. The molecule has 178 valence electrons. The first kappa shape index (κ1) is 23.5. The summed E-state index contributed by atoms with van der Waals surface area (Å²) in [5, 5.41) is 23.5. The van der Waals surface area contributed by atoms with Crippen LogP contribution < -0.4 is 10.1 Å². The zero-order valence-corrected chi connectivity index (χ0v) is 19.3. The monoisotopic (exact) mass is 463 g/mol. The van der Waals surface area contributed by atoms with Crippen LogP contribution in [0.25, 0.3) is 0 Å². The maximum Gasteiger partial charge on any atom is 0.274 e. The zero-order valence-electron chi connectivity index (χ0n) is 19.3. The maximum absolute atomic E-state index is 13.0. The molecular weight excluding hydrogens is 434 g/mol. The summed E-state index contributed by atoms with van der Waals surface area (Å²) in [6.45, 7) is 3.51. The molecule has 3 aromatic rings. The third kappa shape index (κ3) is 5.27. The number of aromatic nitrogens is 2. The van der Waals surface area contributed by atoms with Crippen molar-refractivity contribution in [1.29, 1.82) is 0 Å². The van der Waals surface area contributed by atoms with Crippen LogP contribution in [0.15, 0.2) is 54.6 Å². The lowest BCUT2D eigenvalue weighted by Crippen LogP contribution is -2.46. The molecule has 4 rings (SSSR count). The van der Waals surface area contributed by atoms with Gasteiger partial charge in [0, 0.05) is 32.7 Å². The fourth-order valence-corrected chi connectivity index (χ4v) is 4.03. The van der Waals surface area contributed by atoms with Crippen molar-refractivity contribution in [3.05, 3.63) is 77.2 Å². The minimum Gasteiger partial charge on any atom is -0.501 e. The average molecular weight is 464 g/mol. The Balaban J connectivity index is 1.63. The van der Waals surface area contributed by atoms with E-state index in [9.17, 15) is 15.0 Å². The molecule has 9 nitrogen and oxygen atoms in total. The van der Waals surface area contributed by atoms with E-state index in [1.54, 1.807) is 7.11 Å². The van der Waals surface area contributed by atoms with E-state index in [4.69, 9.17) is 4.74 Å². The maximum atomic E-state index is 13.0. The van der Waals surface area contributed by atoms with E-state index in [1.807, 2.05) is 54.6 Å². The van der Waals surface area contributed by atoms with Gasteiger partial charge in [-0.05, 0) is 30.3 Å². The van der Waals surface area contributed by atoms with E-state index < -0.39 is 17.5 Å². The van der Waals surface area contributed by atoms with Crippen LogP contribution in [0.3, 0.4) is 0 Å². The van der Waals surface area contributed by atoms with Crippen LogP contribution in [0.4, 0.5) is 0 Å². The van der Waals surface area contributed by atoms with Crippen molar-refractivity contribution in [2.45, 2.75) is 12.6 Å². The third-order valence-electron chi connectivity index (χ3n) is 5.95. The van der Waals surface area contributed by atoms with Gasteiger partial charge in [0.1, 0.15) is 5.75 Å². The molecule has 2 heterocycles. The molecule has 1 aliphatic rings. The molecule has 34 heavy (non-hydrogen) atoms. The number of aromatic hydroxyl groups is 2. The highest BCUT2D eigenvalue weighted by atomic mass is 16.5. The lowest BCUT2D eigenvalue weighted by molar-refractivity contribution is 0.0938. The topological polar surface area (TPSA) is 111 Å². The Labute approximate surface area is 198 Å². The van der Waals surface area contributed by atoms with Gasteiger partial charge in [-0.25, -0.2) is 4.98 Å². The first-order chi connectivity index (χ1) is 16.5. The number of likely N-dealkylation sites (N-methyl/N-ethyl adjacent to an activating group) is 1. The summed E-state index contributed by atoms with van der Waals surface area (Å²) in [6.07, 6.45) is 0. The van der Waals surface area contributed by atoms with Crippen LogP contribution in [-0.4, -0.2) is 76.2 Å². The number of benzene rings is 2. The SMILES string of the molecule is COc1cccc(CNC(=O)c2nc(C(c3ccccc3)N3CCN(C)CC3)nc(O)c2O)c1. The number of amides is 1. The Kier molecular flexibility index (Phi) is 7.24. The van der Waals surface area contributed by atoms with E-state index in [2.05, 4.69) is 32.1 Å². The Morgan fingerprint density at radius 3 is 2.50 bits per heavy atom. The summed E-state index contributed by atoms with van der Waals surface area (Å²) in [5.74, 6) is -0.930. The van der Waals surface area contributed by atoms with Crippen LogP contribution in [0.5, 0.6) is 17.4 Å². The number of hydrogen-bond donors (Lipinski definition) is 3. The molecule has 9 heteroatoms. The highest BCUT2D eigenvalue weighted by Gasteiger charge is 2.30. The number of methoxy groups -OCH3 is 1. The van der Waals surface area contributed by atoms with Crippen molar-refractivity contribution in [1.82, 2.24) is 25.1 Å². The highest BCUT2D eigenvalue weighted by Crippen LogP contribution is 2.32. The molecule has 0 aliphatic carbocycles. The van der Waals surface area contributed by atoms with Crippen LogP contribution in [0, 0.1) is 0 Å². The van der Waals surface area contributed by atoms with E-state index >= 15 is 0 Å². The van der Waals surface area contributed by atoms with Crippen molar-refractivity contribution in [2.24, 2.45) is 0 Å². The van der Waals surface area contributed by atoms with Crippen LogP contribution in [0.1, 0.15) is 33.5 Å². The molecule has 2 aromatic carbocycles. The second kappa shape index (κ2) is 10.5. The Bertz CT molecular complexity index is 1130. The van der Waals surface area contributed by atoms with Gasteiger partial charge in [-0.15, -0.1) is 0 Å². The predicted octanol–water partition coefficient (Wildman–Crippen LogP) is 2.16. The van der Waals surface area contributed by atoms with Gasteiger partial charge in [0.25, 0.3) is 11.8 Å². The lowest BCUT2D eigenvalue weighted by atomic mass is 10.0. The molecule has 0 spiro atoms. The van der Waals surface area contributed by atoms with Crippen LogP contribution in [-0.2, 0) is 6.54 Å². The van der Waals surface area contributed by atoms with Gasteiger partial charge in [-0.3, -0.25) is 9.69 Å². The number of rotatable bonds is 7. The number of nitrogens with zero attached hydrogens (tertiary/aromatic N) is 4. The molecule has 1 unspecified atom stereocenters. The first-order valence-corrected chi connectivity index (χ1v) is 11.1. The van der Waals surface area contributed by atoms with E-state index in [1.165, 1.54) is 0 Å². The van der Waals surface area contributed by atoms with Gasteiger partial charge in [0.15, 0.2) is 11.5 Å². The minimum absolute atomic E-state index is 0.205. The Morgan fingerprint density at radius 2 is 1.79 bits per heavy atom. The quantitative estimate of drug-likeness (QED) is 0.489. The highest BCUT2D eigenvalue weighted by molar-refractivity contribution is 5.95. The Morgan fingerprint density at radius 1 is 1.06 bits per heavy atom. The molecule has 1 fully saturated rings. The number of carbonyl (C=O) groups excluding carboxylic acids is 1. The fourth-order valence-electron chi connectivity index (χ4n) is 4.03. The van der Waals surface area contributed by atoms with Crippen molar-refractivity contribution < 1.29 is 19.7 Å². The molecule has 1 aromatic heterocycles. The summed E-state index contributed by atoms with van der Waals surface area (Å²) in [7, 11) is 3.65. The summed E-state index contributed by atoms with van der Waals surface area (Å²) in [5.41, 5.74) is 1.51. The second-order valence-corrected chi connectivity index (χ2v) is 8.29. The molecule has 0 radical (unpaired) electrons. The number of carbonyl (C=O) groups is 1. The van der Waals surface area contributed by atoms with E-state index in [0.29, 0.717) is 5.75 Å². The van der Waals surface area contributed by atoms with Crippen molar-refractivity contribution >= 4 is 5.91 Å². The average Bonchev–Trinajstić information content (AvgIpc) is 2.86. The summed E-state index contributed by atoms with van der Waals surface area (Å²) in [4.78, 5) is 26.0. The van der Waals surface area contributed by atoms with Gasteiger partial charge in [-0.2, -0.15) is 4.98 Å². The van der Waals surface area contributed by atoms with Gasteiger partial charge < -0.3 is 25.2 Å². The van der Waals surface area contributed by atoms with Crippen molar-refractivity contribution in [3.63, 3.8) is 0 Å². The van der Waals surface area contributed by atoms with Gasteiger partial charge in [0.05, 0.1) is 13.2 Å². The first-order valence-electron chi connectivity index (χ1n) is 11.1. The smallest absolute Gasteiger partial charge is 0.274 e. The van der Waals surface area contributed by atoms with E-state index in [0.717, 1.165) is 37.3 Å². The molecular formula is C25H29N5O4. The van der Waals surface area contributed by atoms with Crippen LogP contribution in [0.2, 0.25) is 0 Å². The molecule has 0 saturated carbocycles. The van der Waals surface area contributed by atoms with E-state index in [-0.39, 0.29) is 24.1 Å². The Hall–Kier alpha value is -3.69. The number of piperazine rings is 1. The minimum atomic E-state index is -0.642. The molecule has 1 aliphatic heterocycles. The number of nitrogens with one attached hydrogen (secondary N) is 1. The molecule has 1 amide bonds. The third-order valence-corrected chi connectivity index (χ3v) is 5.95. The predicted molar refractivity (Wildman–Crippen MR) is 127 cm³/mol. The zero-order chi connectivity index (χ0) is 24.1. The molecule has 1 atom stereocenters.